The minimum absolute atomic E-state index is 0.191. The first-order valence-electron chi connectivity index (χ1n) is 8.47. The minimum Gasteiger partial charge on any atom is -0.463 e. The summed E-state index contributed by atoms with van der Waals surface area (Å²) in [5.41, 5.74) is -0.163. The number of esters is 2. The van der Waals surface area contributed by atoms with Gasteiger partial charge in [0.1, 0.15) is 24.6 Å². The average Bonchev–Trinajstić information content (AvgIpc) is 2.90. The number of nitrogens with zero attached hydrogens (tertiary/aromatic N) is 1. The van der Waals surface area contributed by atoms with Gasteiger partial charge in [0.2, 0.25) is 0 Å². The number of hydrogen-bond acceptors (Lipinski definition) is 11. The monoisotopic (exact) mass is 557 g/mol. The molecule has 14 heteroatoms. The van der Waals surface area contributed by atoms with Gasteiger partial charge in [0.05, 0.1) is 6.26 Å². The number of hydrogen-bond donors (Lipinski definition) is 2. The van der Waals surface area contributed by atoms with Crippen LogP contribution in [0.5, 0.6) is 0 Å². The van der Waals surface area contributed by atoms with Crippen LogP contribution >= 0.6 is 22.6 Å². The molecule has 2 heterocycles. The Hall–Kier alpha value is -2.04. The van der Waals surface area contributed by atoms with Gasteiger partial charge >= 0.3 is 17.6 Å². The number of nitrogens with one attached hydrogen (secondary N) is 2. The number of carbonyl (C=O) groups is 2. The van der Waals surface area contributed by atoms with E-state index in [9.17, 15) is 22.8 Å². The van der Waals surface area contributed by atoms with E-state index < -0.39 is 52.3 Å². The zero-order valence-electron chi connectivity index (χ0n) is 16.2. The number of H-pyrrole nitrogens is 1. The summed E-state index contributed by atoms with van der Waals surface area (Å²) in [6, 6.07) is 0. The van der Waals surface area contributed by atoms with Gasteiger partial charge in [-0.25, -0.2) is 9.78 Å². The molecule has 30 heavy (non-hydrogen) atoms. The predicted molar refractivity (Wildman–Crippen MR) is 112 cm³/mol. The highest BCUT2D eigenvalue weighted by Gasteiger charge is 2.50. The van der Waals surface area contributed by atoms with E-state index in [0.717, 1.165) is 13.2 Å². The SMILES string of the molecule is CC(=O)OC[C@H]1O[C@@H](Nc2[nH]c(=O)ncc2C=CI)[C@H](OC(C)=O)[C@H]1OS(C)(=O)=O. The smallest absolute Gasteiger partial charge is 0.346 e. The summed E-state index contributed by atoms with van der Waals surface area (Å²) in [4.78, 5) is 40.6. The third kappa shape index (κ3) is 7.03. The number of rotatable bonds is 8. The first kappa shape index (κ1) is 24.2. The maximum Gasteiger partial charge on any atom is 0.346 e. The molecule has 1 aromatic heterocycles. The van der Waals surface area contributed by atoms with Crippen LogP contribution in [0, 0.1) is 0 Å². The molecule has 1 saturated heterocycles. The van der Waals surface area contributed by atoms with Crippen LogP contribution in [0.3, 0.4) is 0 Å². The highest BCUT2D eigenvalue weighted by Crippen LogP contribution is 2.30. The molecule has 2 rings (SSSR count). The average molecular weight is 557 g/mol. The second-order valence-corrected chi connectivity index (χ2v) is 8.51. The van der Waals surface area contributed by atoms with Crippen molar-refractivity contribution in [1.29, 1.82) is 0 Å². The van der Waals surface area contributed by atoms with Crippen LogP contribution in [0.4, 0.5) is 5.82 Å². The van der Waals surface area contributed by atoms with Crippen LogP contribution in [0.2, 0.25) is 0 Å². The Kier molecular flexibility index (Phi) is 8.34. The van der Waals surface area contributed by atoms with E-state index in [4.69, 9.17) is 18.4 Å². The molecule has 0 aliphatic carbocycles. The van der Waals surface area contributed by atoms with Gasteiger partial charge in [-0.1, -0.05) is 22.6 Å². The summed E-state index contributed by atoms with van der Waals surface area (Å²) >= 11 is 1.98. The highest BCUT2D eigenvalue weighted by molar-refractivity contribution is 14.1. The van der Waals surface area contributed by atoms with Crippen molar-refractivity contribution in [2.45, 2.75) is 38.4 Å². The fourth-order valence-corrected chi connectivity index (χ4v) is 3.70. The van der Waals surface area contributed by atoms with Gasteiger partial charge in [0, 0.05) is 25.6 Å². The van der Waals surface area contributed by atoms with E-state index in [1.807, 2.05) is 22.6 Å². The van der Waals surface area contributed by atoms with Crippen LogP contribution < -0.4 is 11.0 Å². The second kappa shape index (κ2) is 10.3. The first-order chi connectivity index (χ1) is 14.0. The van der Waals surface area contributed by atoms with Crippen LogP contribution in [0.1, 0.15) is 19.4 Å². The molecular weight excluding hydrogens is 537 g/mol. The van der Waals surface area contributed by atoms with Crippen molar-refractivity contribution in [3.63, 3.8) is 0 Å². The normalized spacial score (nSPS) is 24.0. The van der Waals surface area contributed by atoms with Gasteiger partial charge in [-0.2, -0.15) is 8.42 Å². The number of ether oxygens (including phenoxy) is 3. The molecule has 1 aliphatic rings. The van der Waals surface area contributed by atoms with Crippen LogP contribution in [0.25, 0.3) is 6.08 Å². The number of anilines is 1. The standard InChI is InChI=1S/C16H20IN3O9S/c1-8(21)26-7-11-12(29-30(3,24)25)13(27-9(2)22)15(28-11)19-14-10(4-5-17)6-18-16(23)20-14/h4-6,11-13,15H,7H2,1-3H3,(H2,18,19,20,23)/t11-,12+,13-,15-/m1/s1. The molecule has 0 unspecified atom stereocenters. The number of carbonyl (C=O) groups excluding carboxylic acids is 2. The molecule has 0 bridgehead atoms. The quantitative estimate of drug-likeness (QED) is 0.254. The van der Waals surface area contributed by atoms with E-state index in [-0.39, 0.29) is 12.4 Å². The lowest BCUT2D eigenvalue weighted by Gasteiger charge is -2.24. The van der Waals surface area contributed by atoms with E-state index >= 15 is 0 Å². The Balaban J connectivity index is 2.40. The van der Waals surface area contributed by atoms with Crippen LogP contribution in [-0.4, -0.2) is 67.7 Å². The van der Waals surface area contributed by atoms with E-state index in [1.165, 1.54) is 13.1 Å². The maximum absolute atomic E-state index is 11.7. The molecule has 1 fully saturated rings. The zero-order chi connectivity index (χ0) is 22.5. The van der Waals surface area contributed by atoms with Gasteiger partial charge < -0.3 is 19.5 Å². The molecule has 166 valence electrons. The minimum atomic E-state index is -3.99. The third-order valence-corrected chi connectivity index (χ3v) is 4.65. The van der Waals surface area contributed by atoms with E-state index in [0.29, 0.717) is 5.56 Å². The second-order valence-electron chi connectivity index (χ2n) is 6.19. The van der Waals surface area contributed by atoms with Crippen molar-refractivity contribution in [1.82, 2.24) is 9.97 Å². The summed E-state index contributed by atoms with van der Waals surface area (Å²) in [6.45, 7) is 1.95. The maximum atomic E-state index is 11.7. The van der Waals surface area contributed by atoms with E-state index in [2.05, 4.69) is 15.3 Å². The third-order valence-electron chi connectivity index (χ3n) is 3.72. The zero-order valence-corrected chi connectivity index (χ0v) is 19.1. The van der Waals surface area contributed by atoms with Gasteiger partial charge in [-0.3, -0.25) is 18.8 Å². The molecule has 0 spiro atoms. The van der Waals surface area contributed by atoms with Crippen molar-refractivity contribution >= 4 is 56.5 Å². The molecule has 0 saturated carbocycles. The Morgan fingerprint density at radius 2 is 2.03 bits per heavy atom. The molecule has 2 N–H and O–H groups in total. The number of halogens is 1. The van der Waals surface area contributed by atoms with Gasteiger partial charge in [0.25, 0.3) is 10.1 Å². The molecule has 0 amide bonds. The molecule has 12 nitrogen and oxygen atoms in total. The molecule has 1 aliphatic heterocycles. The van der Waals surface area contributed by atoms with Crippen molar-refractivity contribution in [3.8, 4) is 0 Å². The Bertz CT molecular complexity index is 978. The summed E-state index contributed by atoms with van der Waals surface area (Å²) in [5, 5.41) is 2.86. The van der Waals surface area contributed by atoms with E-state index in [1.54, 1.807) is 10.2 Å². The number of aromatic amines is 1. The lowest BCUT2D eigenvalue weighted by atomic mass is 10.1. The van der Waals surface area contributed by atoms with Gasteiger partial charge in [-0.15, -0.1) is 0 Å². The lowest BCUT2D eigenvalue weighted by Crippen LogP contribution is -2.43. The Morgan fingerprint density at radius 1 is 1.33 bits per heavy atom. The topological polar surface area (TPSA) is 163 Å². The summed E-state index contributed by atoms with van der Waals surface area (Å²) in [7, 11) is -3.99. The molecule has 0 radical (unpaired) electrons. The molecule has 0 aromatic carbocycles. The highest BCUT2D eigenvalue weighted by atomic mass is 127. The van der Waals surface area contributed by atoms with Crippen molar-refractivity contribution in [2.24, 2.45) is 0 Å². The van der Waals surface area contributed by atoms with Crippen LogP contribution in [0.15, 0.2) is 15.1 Å². The van der Waals surface area contributed by atoms with Crippen LogP contribution in [-0.2, 0) is 38.1 Å². The Labute approximate surface area is 185 Å². The molecular formula is C16H20IN3O9S. The summed E-state index contributed by atoms with van der Waals surface area (Å²) < 4.78 is 46.1. The van der Waals surface area contributed by atoms with Crippen molar-refractivity contribution in [3.05, 3.63) is 26.3 Å². The summed E-state index contributed by atoms with van der Waals surface area (Å²) in [5.74, 6) is -1.15. The summed E-state index contributed by atoms with van der Waals surface area (Å²) in [6.07, 6.45) is -0.993. The Morgan fingerprint density at radius 3 is 2.60 bits per heavy atom. The number of aromatic nitrogens is 2. The largest absolute Gasteiger partial charge is 0.463 e. The van der Waals surface area contributed by atoms with Crippen molar-refractivity contribution in [2.75, 3.05) is 18.2 Å². The lowest BCUT2D eigenvalue weighted by molar-refractivity contribution is -0.151. The first-order valence-corrected chi connectivity index (χ1v) is 11.5. The van der Waals surface area contributed by atoms with Crippen molar-refractivity contribution < 1.29 is 36.4 Å². The fraction of sp³-hybridized carbons (Fsp3) is 0.500. The molecule has 4 atom stereocenters. The van der Waals surface area contributed by atoms with Gasteiger partial charge in [-0.05, 0) is 10.2 Å². The fourth-order valence-electron chi connectivity index (χ4n) is 2.68. The molecule has 1 aromatic rings. The predicted octanol–water partition coefficient (Wildman–Crippen LogP) is 0.152. The van der Waals surface area contributed by atoms with Gasteiger partial charge in [0.15, 0.2) is 12.3 Å².